The van der Waals surface area contributed by atoms with Crippen molar-refractivity contribution in [3.63, 3.8) is 0 Å². The number of ether oxygens (including phenoxy) is 1. The van der Waals surface area contributed by atoms with Crippen molar-refractivity contribution in [3.05, 3.63) is 71.8 Å². The molecule has 0 aliphatic carbocycles. The molecular weight excluding hydrogens is 341 g/mol. The molecule has 0 aliphatic heterocycles. The molecule has 134 valence electrons. The number of alkyl carbamates (subject to hydrolysis) is 1. The third kappa shape index (κ3) is 5.71. The Balaban J connectivity index is 1.98. The lowest BCUT2D eigenvalue weighted by molar-refractivity contribution is 0.130. The average molecular weight is 363 g/mol. The van der Waals surface area contributed by atoms with Crippen LogP contribution in [0.3, 0.4) is 0 Å². The molecule has 6 nitrogen and oxygen atoms in total. The summed E-state index contributed by atoms with van der Waals surface area (Å²) in [7, 11) is -4.59. The maximum atomic E-state index is 12.0. The van der Waals surface area contributed by atoms with Crippen molar-refractivity contribution in [2.24, 2.45) is 0 Å². The van der Waals surface area contributed by atoms with E-state index < -0.39 is 19.0 Å². The minimum absolute atomic E-state index is 0.0304. The maximum absolute atomic E-state index is 12.0. The molecule has 1 amide bonds. The van der Waals surface area contributed by atoms with Crippen LogP contribution in [0.5, 0.6) is 0 Å². The first-order chi connectivity index (χ1) is 11.8. The summed E-state index contributed by atoms with van der Waals surface area (Å²) in [4.78, 5) is 31.4. The molecule has 0 bridgehead atoms. The summed E-state index contributed by atoms with van der Waals surface area (Å²) in [5.41, 5.74) is 1.72. The van der Waals surface area contributed by atoms with Crippen LogP contribution in [-0.4, -0.2) is 21.2 Å². The van der Waals surface area contributed by atoms with E-state index in [2.05, 4.69) is 5.32 Å². The molecule has 0 fully saturated rings. The Kier molecular flexibility index (Phi) is 6.37. The van der Waals surface area contributed by atoms with E-state index in [0.717, 1.165) is 11.1 Å². The van der Waals surface area contributed by atoms with Gasteiger partial charge in [-0.3, -0.25) is 4.57 Å². The number of hydrogen-bond donors (Lipinski definition) is 3. The molecule has 2 aromatic rings. The number of rotatable bonds is 7. The summed E-state index contributed by atoms with van der Waals surface area (Å²) >= 11 is 0. The molecule has 0 heterocycles. The van der Waals surface area contributed by atoms with Crippen LogP contribution in [0.25, 0.3) is 0 Å². The molecule has 0 aliphatic rings. The molecule has 2 rings (SSSR count). The zero-order valence-corrected chi connectivity index (χ0v) is 14.9. The average Bonchev–Trinajstić information content (AvgIpc) is 2.59. The standard InChI is InChI=1S/C18H22NO5P/c1-18(25(21,22)23,13-12-15-8-4-2-5-9-15)19-17(20)24-14-16-10-6-3-7-11-16/h2-11H,12-14H2,1H3,(H,19,20)(H2,21,22,23). The van der Waals surface area contributed by atoms with E-state index in [0.29, 0.717) is 6.42 Å². The summed E-state index contributed by atoms with van der Waals surface area (Å²) in [6, 6.07) is 18.4. The number of hydrogen-bond acceptors (Lipinski definition) is 3. The zero-order valence-electron chi connectivity index (χ0n) is 14.0. The van der Waals surface area contributed by atoms with E-state index in [1.54, 1.807) is 12.1 Å². The highest BCUT2D eigenvalue weighted by Crippen LogP contribution is 2.51. The van der Waals surface area contributed by atoms with Crippen molar-refractivity contribution in [2.45, 2.75) is 31.7 Å². The summed E-state index contributed by atoms with van der Waals surface area (Å²) in [5.74, 6) is 0. The number of aryl methyl sites for hydroxylation is 1. The fourth-order valence-electron chi connectivity index (χ4n) is 2.29. The number of carbonyl (C=O) groups excluding carboxylic acids is 1. The van der Waals surface area contributed by atoms with Crippen LogP contribution < -0.4 is 5.32 Å². The minimum atomic E-state index is -4.59. The first-order valence-corrected chi connectivity index (χ1v) is 9.50. The van der Waals surface area contributed by atoms with Gasteiger partial charge < -0.3 is 19.8 Å². The molecule has 7 heteroatoms. The Morgan fingerprint density at radius 2 is 1.56 bits per heavy atom. The number of nitrogens with one attached hydrogen (secondary N) is 1. The number of carbonyl (C=O) groups is 1. The van der Waals surface area contributed by atoms with E-state index in [1.165, 1.54) is 6.92 Å². The Labute approximate surface area is 147 Å². The van der Waals surface area contributed by atoms with Crippen molar-refractivity contribution >= 4 is 13.7 Å². The summed E-state index contributed by atoms with van der Waals surface area (Å²) in [6.07, 6.45) is -0.355. The van der Waals surface area contributed by atoms with Gasteiger partial charge in [0, 0.05) is 0 Å². The highest BCUT2D eigenvalue weighted by atomic mass is 31.2. The molecule has 0 radical (unpaired) electrons. The fraction of sp³-hybridized carbons (Fsp3) is 0.278. The smallest absolute Gasteiger partial charge is 0.408 e. The van der Waals surface area contributed by atoms with Gasteiger partial charge in [-0.1, -0.05) is 60.7 Å². The van der Waals surface area contributed by atoms with Crippen LogP contribution in [0.2, 0.25) is 0 Å². The SMILES string of the molecule is CC(CCc1ccccc1)(NC(=O)OCc1ccccc1)P(=O)(O)O. The van der Waals surface area contributed by atoms with Gasteiger partial charge in [0.15, 0.2) is 0 Å². The van der Waals surface area contributed by atoms with E-state index in [4.69, 9.17) is 4.74 Å². The van der Waals surface area contributed by atoms with Crippen LogP contribution in [0.4, 0.5) is 4.79 Å². The second kappa shape index (κ2) is 8.30. The highest BCUT2D eigenvalue weighted by molar-refractivity contribution is 7.53. The second-order valence-corrected chi connectivity index (χ2v) is 8.07. The second-order valence-electron chi connectivity index (χ2n) is 5.99. The number of benzene rings is 2. The fourth-order valence-corrected chi connectivity index (χ4v) is 2.93. The third-order valence-corrected chi connectivity index (χ3v) is 5.59. The van der Waals surface area contributed by atoms with Crippen LogP contribution in [0, 0.1) is 0 Å². The first-order valence-electron chi connectivity index (χ1n) is 7.89. The Morgan fingerprint density at radius 3 is 2.08 bits per heavy atom. The van der Waals surface area contributed by atoms with Crippen LogP contribution in [0.15, 0.2) is 60.7 Å². The predicted molar refractivity (Wildman–Crippen MR) is 95.0 cm³/mol. The van der Waals surface area contributed by atoms with Gasteiger partial charge >= 0.3 is 13.7 Å². The van der Waals surface area contributed by atoms with Gasteiger partial charge in [0.2, 0.25) is 0 Å². The van der Waals surface area contributed by atoms with Gasteiger partial charge in [0.25, 0.3) is 0 Å². The maximum Gasteiger partial charge on any atom is 0.408 e. The van der Waals surface area contributed by atoms with Crippen molar-refractivity contribution < 1.29 is 23.9 Å². The lowest BCUT2D eigenvalue weighted by Crippen LogP contribution is -2.46. The van der Waals surface area contributed by atoms with Crippen LogP contribution in [0.1, 0.15) is 24.5 Å². The van der Waals surface area contributed by atoms with Gasteiger partial charge in [-0.2, -0.15) is 0 Å². The van der Waals surface area contributed by atoms with E-state index >= 15 is 0 Å². The molecular formula is C18H22NO5P. The molecule has 0 saturated heterocycles. The molecule has 3 N–H and O–H groups in total. The Morgan fingerprint density at radius 1 is 1.04 bits per heavy atom. The summed E-state index contributed by atoms with van der Waals surface area (Å²) in [5, 5.41) is 0.652. The molecule has 0 aromatic heterocycles. The van der Waals surface area contributed by atoms with E-state index in [-0.39, 0.29) is 13.0 Å². The monoisotopic (exact) mass is 363 g/mol. The third-order valence-electron chi connectivity index (χ3n) is 3.97. The van der Waals surface area contributed by atoms with Crippen molar-refractivity contribution in [2.75, 3.05) is 0 Å². The van der Waals surface area contributed by atoms with Gasteiger partial charge in [-0.05, 0) is 30.9 Å². The van der Waals surface area contributed by atoms with Gasteiger partial charge in [0.1, 0.15) is 11.9 Å². The van der Waals surface area contributed by atoms with Gasteiger partial charge in [-0.15, -0.1) is 0 Å². The summed E-state index contributed by atoms with van der Waals surface area (Å²) < 4.78 is 17.0. The molecule has 0 spiro atoms. The first kappa shape index (κ1) is 19.2. The minimum Gasteiger partial charge on any atom is -0.445 e. The van der Waals surface area contributed by atoms with E-state index in [1.807, 2.05) is 48.5 Å². The topological polar surface area (TPSA) is 95.9 Å². The molecule has 25 heavy (non-hydrogen) atoms. The van der Waals surface area contributed by atoms with E-state index in [9.17, 15) is 19.1 Å². The van der Waals surface area contributed by atoms with Gasteiger partial charge in [0.05, 0.1) is 0 Å². The summed E-state index contributed by atoms with van der Waals surface area (Å²) in [6.45, 7) is 1.36. The number of amides is 1. The highest BCUT2D eigenvalue weighted by Gasteiger charge is 2.43. The largest absolute Gasteiger partial charge is 0.445 e. The molecule has 0 saturated carbocycles. The molecule has 1 atom stereocenters. The molecule has 2 aromatic carbocycles. The van der Waals surface area contributed by atoms with Crippen molar-refractivity contribution in [1.82, 2.24) is 5.32 Å². The normalized spacial score (nSPS) is 13.7. The zero-order chi connectivity index (χ0) is 18.3. The lowest BCUT2D eigenvalue weighted by Gasteiger charge is -2.31. The van der Waals surface area contributed by atoms with Gasteiger partial charge in [-0.25, -0.2) is 4.79 Å². The van der Waals surface area contributed by atoms with Crippen LogP contribution in [-0.2, 0) is 22.3 Å². The Bertz CT molecular complexity index is 732. The molecule has 1 unspecified atom stereocenters. The Hall–Kier alpha value is -2.14. The predicted octanol–water partition coefficient (Wildman–Crippen LogP) is 3.44. The van der Waals surface area contributed by atoms with Crippen molar-refractivity contribution in [1.29, 1.82) is 0 Å². The van der Waals surface area contributed by atoms with Crippen LogP contribution >= 0.6 is 7.60 Å². The quantitative estimate of drug-likeness (QED) is 0.655. The van der Waals surface area contributed by atoms with Crippen molar-refractivity contribution in [3.8, 4) is 0 Å². The lowest BCUT2D eigenvalue weighted by atomic mass is 10.1.